The average Bonchev–Trinajstić information content (AvgIpc) is 3.14. The molecule has 0 fully saturated rings. The molecule has 1 aliphatic heterocycles. The largest absolute Gasteiger partial charge is 0.416 e. The van der Waals surface area contributed by atoms with Gasteiger partial charge in [0, 0.05) is 48.7 Å². The van der Waals surface area contributed by atoms with E-state index in [1.54, 1.807) is 41.2 Å². The summed E-state index contributed by atoms with van der Waals surface area (Å²) in [6.07, 6.45) is -1.17. The van der Waals surface area contributed by atoms with Crippen molar-refractivity contribution in [1.82, 2.24) is 14.9 Å². The molecule has 2 aromatic carbocycles. The lowest BCUT2D eigenvalue weighted by molar-refractivity contribution is -0.137. The highest BCUT2D eigenvalue weighted by Gasteiger charge is 2.33. The predicted molar refractivity (Wildman–Crippen MR) is 120 cm³/mol. The van der Waals surface area contributed by atoms with Crippen LogP contribution in [0.25, 0.3) is 22.4 Å². The number of pyridine rings is 1. The van der Waals surface area contributed by atoms with Crippen LogP contribution in [-0.4, -0.2) is 22.0 Å². The highest BCUT2D eigenvalue weighted by atomic mass is 19.4. The second-order valence-electron chi connectivity index (χ2n) is 8.23. The maximum Gasteiger partial charge on any atom is 0.416 e. The zero-order valence-corrected chi connectivity index (χ0v) is 18.2. The minimum Gasteiger partial charge on any atom is -0.352 e. The monoisotopic (exact) mass is 483 g/mol. The Morgan fingerprint density at radius 3 is 2.29 bits per heavy atom. The summed E-state index contributed by atoms with van der Waals surface area (Å²) in [6, 6.07) is 11.5. The van der Waals surface area contributed by atoms with Gasteiger partial charge >= 0.3 is 6.18 Å². The molecule has 3 heterocycles. The number of carbonyl (C=O) groups is 1. The molecule has 0 unspecified atom stereocenters. The van der Waals surface area contributed by atoms with Gasteiger partial charge in [-0.3, -0.25) is 9.78 Å². The molecule has 0 saturated carbocycles. The summed E-state index contributed by atoms with van der Waals surface area (Å²) in [5.74, 6) is -1.79. The summed E-state index contributed by atoms with van der Waals surface area (Å²) in [7, 11) is 0. The van der Waals surface area contributed by atoms with Crippen LogP contribution in [0.15, 0.2) is 67.0 Å². The van der Waals surface area contributed by atoms with Crippen molar-refractivity contribution < 1.29 is 26.7 Å². The second kappa shape index (κ2) is 8.65. The molecule has 0 atom stereocenters. The number of nitrogens with zero attached hydrogens (tertiary/aromatic N) is 2. The molecule has 0 saturated heterocycles. The van der Waals surface area contributed by atoms with Gasteiger partial charge in [-0.15, -0.1) is 0 Å². The fraction of sp³-hybridized carbons (Fsp3) is 0.154. The maximum atomic E-state index is 14.2. The van der Waals surface area contributed by atoms with Gasteiger partial charge in [0.1, 0.15) is 11.6 Å². The topological polar surface area (TPSA) is 46.9 Å². The van der Waals surface area contributed by atoms with E-state index in [-0.39, 0.29) is 18.0 Å². The number of rotatable bonds is 4. The van der Waals surface area contributed by atoms with E-state index in [2.05, 4.69) is 10.3 Å². The number of amides is 1. The van der Waals surface area contributed by atoms with Crippen LogP contribution in [0.5, 0.6) is 0 Å². The number of halogens is 5. The Hall–Kier alpha value is -4.01. The summed E-state index contributed by atoms with van der Waals surface area (Å²) >= 11 is 0. The normalized spacial score (nSPS) is 13.5. The molecule has 0 spiro atoms. The minimum atomic E-state index is -4.71. The van der Waals surface area contributed by atoms with Gasteiger partial charge in [-0.05, 0) is 53.6 Å². The highest BCUT2D eigenvalue weighted by molar-refractivity contribution is 6.07. The van der Waals surface area contributed by atoms with Crippen molar-refractivity contribution in [1.29, 1.82) is 0 Å². The Balaban J connectivity index is 1.79. The van der Waals surface area contributed by atoms with Gasteiger partial charge in [-0.1, -0.05) is 12.1 Å². The molecule has 0 bridgehead atoms. The lowest BCUT2D eigenvalue weighted by Crippen LogP contribution is -2.32. The standard InChI is InChI=1S/C26H18F5N3O/c27-19-3-1-16(2-4-19)22-23-21(7-10-33-25(23)35)34(24(22)17-5-8-32-9-6-17)14-15-11-18(26(29,30)31)13-20(28)12-15/h1-6,8-9,11-13H,7,10,14H2,(H,33,35). The summed E-state index contributed by atoms with van der Waals surface area (Å²) in [4.78, 5) is 17.0. The molecule has 5 rings (SSSR count). The summed E-state index contributed by atoms with van der Waals surface area (Å²) in [5, 5.41) is 2.81. The Morgan fingerprint density at radius 1 is 0.886 bits per heavy atom. The third-order valence-corrected chi connectivity index (χ3v) is 5.96. The summed E-state index contributed by atoms with van der Waals surface area (Å²) < 4.78 is 69.7. The van der Waals surface area contributed by atoms with E-state index >= 15 is 0 Å². The Morgan fingerprint density at radius 2 is 1.60 bits per heavy atom. The third-order valence-electron chi connectivity index (χ3n) is 5.96. The van der Waals surface area contributed by atoms with E-state index in [0.717, 1.165) is 12.1 Å². The Labute approximate surface area is 197 Å². The molecule has 0 aliphatic carbocycles. The van der Waals surface area contributed by atoms with Crippen LogP contribution in [-0.2, 0) is 19.1 Å². The lowest BCUT2D eigenvalue weighted by atomic mass is 9.95. The van der Waals surface area contributed by atoms with Crippen LogP contribution in [0, 0.1) is 11.6 Å². The van der Waals surface area contributed by atoms with Crippen LogP contribution >= 0.6 is 0 Å². The summed E-state index contributed by atoms with van der Waals surface area (Å²) in [5.41, 5.74) is 2.29. The molecule has 4 aromatic rings. The van der Waals surface area contributed by atoms with Crippen molar-refractivity contribution in [3.63, 3.8) is 0 Å². The molecule has 1 amide bonds. The smallest absolute Gasteiger partial charge is 0.352 e. The SMILES string of the molecule is O=C1NCCc2c1c(-c1ccc(F)cc1)c(-c1ccncc1)n2Cc1cc(F)cc(C(F)(F)F)c1. The number of aromatic nitrogens is 2. The van der Waals surface area contributed by atoms with E-state index in [1.807, 2.05) is 0 Å². The van der Waals surface area contributed by atoms with Gasteiger partial charge < -0.3 is 9.88 Å². The van der Waals surface area contributed by atoms with E-state index in [1.165, 1.54) is 12.1 Å². The van der Waals surface area contributed by atoms with Crippen LogP contribution < -0.4 is 5.32 Å². The number of fused-ring (bicyclic) bond motifs is 1. The molecule has 178 valence electrons. The molecule has 1 N–H and O–H groups in total. The van der Waals surface area contributed by atoms with Crippen molar-refractivity contribution in [2.45, 2.75) is 19.1 Å². The first kappa shape index (κ1) is 22.8. The fourth-order valence-electron chi connectivity index (χ4n) is 4.52. The summed E-state index contributed by atoms with van der Waals surface area (Å²) in [6.45, 7) is 0.237. The van der Waals surface area contributed by atoms with Crippen molar-refractivity contribution in [2.75, 3.05) is 6.54 Å². The van der Waals surface area contributed by atoms with Gasteiger partial charge in [0.15, 0.2) is 0 Å². The van der Waals surface area contributed by atoms with Crippen LogP contribution in [0.4, 0.5) is 22.0 Å². The molecular formula is C26H18F5N3O. The fourth-order valence-corrected chi connectivity index (χ4v) is 4.52. The zero-order chi connectivity index (χ0) is 24.7. The predicted octanol–water partition coefficient (Wildman–Crippen LogP) is 5.85. The number of benzene rings is 2. The number of nitrogens with one attached hydrogen (secondary N) is 1. The molecule has 0 radical (unpaired) electrons. The van der Waals surface area contributed by atoms with Crippen molar-refractivity contribution in [2.24, 2.45) is 0 Å². The average molecular weight is 483 g/mol. The molecule has 2 aromatic heterocycles. The minimum absolute atomic E-state index is 0.0991. The number of alkyl halides is 3. The first-order chi connectivity index (χ1) is 16.7. The van der Waals surface area contributed by atoms with Crippen LogP contribution in [0.2, 0.25) is 0 Å². The molecule has 9 heteroatoms. The molecule has 35 heavy (non-hydrogen) atoms. The van der Waals surface area contributed by atoms with E-state index in [9.17, 15) is 26.7 Å². The molecule has 4 nitrogen and oxygen atoms in total. The number of carbonyl (C=O) groups excluding carboxylic acids is 1. The number of hydrogen-bond acceptors (Lipinski definition) is 2. The second-order valence-corrected chi connectivity index (χ2v) is 8.23. The zero-order valence-electron chi connectivity index (χ0n) is 18.2. The van der Waals surface area contributed by atoms with Crippen LogP contribution in [0.1, 0.15) is 27.2 Å². The number of hydrogen-bond donors (Lipinski definition) is 1. The lowest BCUT2D eigenvalue weighted by Gasteiger charge is -2.18. The van der Waals surface area contributed by atoms with Gasteiger partial charge in [-0.2, -0.15) is 13.2 Å². The van der Waals surface area contributed by atoms with Gasteiger partial charge in [0.05, 0.1) is 16.8 Å². The van der Waals surface area contributed by atoms with E-state index < -0.39 is 23.4 Å². The van der Waals surface area contributed by atoms with Crippen LogP contribution in [0.3, 0.4) is 0 Å². The van der Waals surface area contributed by atoms with E-state index in [0.29, 0.717) is 52.7 Å². The van der Waals surface area contributed by atoms with Gasteiger partial charge in [0.2, 0.25) is 0 Å². The molecular weight excluding hydrogens is 465 g/mol. The van der Waals surface area contributed by atoms with Gasteiger partial charge in [-0.25, -0.2) is 8.78 Å². The van der Waals surface area contributed by atoms with E-state index in [4.69, 9.17) is 0 Å². The van der Waals surface area contributed by atoms with Crippen molar-refractivity contribution in [3.8, 4) is 22.4 Å². The molecule has 1 aliphatic rings. The highest BCUT2D eigenvalue weighted by Crippen LogP contribution is 2.41. The first-order valence-corrected chi connectivity index (χ1v) is 10.8. The maximum absolute atomic E-state index is 14.2. The Bertz CT molecular complexity index is 1410. The van der Waals surface area contributed by atoms with Crippen molar-refractivity contribution in [3.05, 3.63) is 101 Å². The third kappa shape index (κ3) is 4.29. The van der Waals surface area contributed by atoms with Crippen molar-refractivity contribution >= 4 is 5.91 Å². The Kier molecular flexibility index (Phi) is 5.62. The van der Waals surface area contributed by atoms with Gasteiger partial charge in [0.25, 0.3) is 5.91 Å². The first-order valence-electron chi connectivity index (χ1n) is 10.8. The quantitative estimate of drug-likeness (QED) is 0.371.